The van der Waals surface area contributed by atoms with Gasteiger partial charge in [-0.15, -0.1) is 0 Å². The SMILES string of the molecule is COc1ccc(C(C)=NNC(=O)CSc2nc3ccccc3c(=O)n2-c2ccccc2)cc1. The molecule has 0 unspecified atom stereocenters. The van der Waals surface area contributed by atoms with Gasteiger partial charge >= 0.3 is 0 Å². The van der Waals surface area contributed by atoms with E-state index in [0.29, 0.717) is 27.5 Å². The zero-order valence-corrected chi connectivity index (χ0v) is 19.0. The van der Waals surface area contributed by atoms with Gasteiger partial charge in [0.2, 0.25) is 0 Å². The average Bonchev–Trinajstić information content (AvgIpc) is 2.86. The highest BCUT2D eigenvalue weighted by Gasteiger charge is 2.14. The monoisotopic (exact) mass is 458 g/mol. The Hall–Kier alpha value is -3.91. The molecule has 0 saturated carbocycles. The van der Waals surface area contributed by atoms with Crippen LogP contribution in [0.25, 0.3) is 16.6 Å². The highest BCUT2D eigenvalue weighted by atomic mass is 32.2. The number of fused-ring (bicyclic) bond motifs is 1. The first-order valence-electron chi connectivity index (χ1n) is 10.2. The van der Waals surface area contributed by atoms with Gasteiger partial charge in [0.15, 0.2) is 5.16 Å². The number of para-hydroxylation sites is 2. The second kappa shape index (κ2) is 10.1. The highest BCUT2D eigenvalue weighted by molar-refractivity contribution is 7.99. The predicted molar refractivity (Wildman–Crippen MR) is 131 cm³/mol. The molecule has 0 aliphatic rings. The van der Waals surface area contributed by atoms with Gasteiger partial charge in [0.1, 0.15) is 5.75 Å². The molecule has 0 bridgehead atoms. The number of rotatable bonds is 7. The fourth-order valence-corrected chi connectivity index (χ4v) is 4.02. The van der Waals surface area contributed by atoms with Crippen LogP contribution < -0.4 is 15.7 Å². The van der Waals surface area contributed by atoms with Gasteiger partial charge in [-0.1, -0.05) is 42.1 Å². The number of nitrogens with one attached hydrogen (secondary N) is 1. The van der Waals surface area contributed by atoms with Crippen LogP contribution in [0.5, 0.6) is 5.75 Å². The number of hydrogen-bond acceptors (Lipinski definition) is 6. The van der Waals surface area contributed by atoms with Crippen molar-refractivity contribution in [2.75, 3.05) is 12.9 Å². The molecule has 1 N–H and O–H groups in total. The molecule has 0 aliphatic heterocycles. The van der Waals surface area contributed by atoms with Crippen molar-refractivity contribution < 1.29 is 9.53 Å². The lowest BCUT2D eigenvalue weighted by Gasteiger charge is -2.13. The summed E-state index contributed by atoms with van der Waals surface area (Å²) in [5.74, 6) is 0.506. The maximum absolute atomic E-state index is 13.2. The minimum absolute atomic E-state index is 0.0526. The fraction of sp³-hybridized carbons (Fsp3) is 0.120. The Morgan fingerprint density at radius 3 is 2.45 bits per heavy atom. The van der Waals surface area contributed by atoms with Gasteiger partial charge in [-0.2, -0.15) is 5.10 Å². The van der Waals surface area contributed by atoms with Crippen molar-refractivity contribution in [1.82, 2.24) is 15.0 Å². The number of thioether (sulfide) groups is 1. The van der Waals surface area contributed by atoms with Crippen LogP contribution >= 0.6 is 11.8 Å². The number of hydrogen-bond donors (Lipinski definition) is 1. The van der Waals surface area contributed by atoms with Gasteiger partial charge in [0.25, 0.3) is 11.5 Å². The zero-order chi connectivity index (χ0) is 23.2. The second-order valence-corrected chi connectivity index (χ2v) is 8.08. The van der Waals surface area contributed by atoms with Crippen molar-refractivity contribution in [3.05, 3.63) is 94.8 Å². The summed E-state index contributed by atoms with van der Waals surface area (Å²) < 4.78 is 6.69. The van der Waals surface area contributed by atoms with E-state index in [1.165, 1.54) is 16.3 Å². The van der Waals surface area contributed by atoms with Crippen LogP contribution in [-0.2, 0) is 4.79 Å². The van der Waals surface area contributed by atoms with E-state index in [-0.39, 0.29) is 17.2 Å². The van der Waals surface area contributed by atoms with Crippen molar-refractivity contribution in [2.24, 2.45) is 5.10 Å². The Balaban J connectivity index is 1.54. The average molecular weight is 459 g/mol. The lowest BCUT2D eigenvalue weighted by atomic mass is 10.1. The Morgan fingerprint density at radius 1 is 1.03 bits per heavy atom. The first-order valence-corrected chi connectivity index (χ1v) is 11.2. The summed E-state index contributed by atoms with van der Waals surface area (Å²) in [6, 6.07) is 23.9. The Bertz CT molecular complexity index is 1370. The number of hydrazone groups is 1. The third kappa shape index (κ3) is 5.12. The maximum atomic E-state index is 13.2. The van der Waals surface area contributed by atoms with Gasteiger partial charge in [-0.3, -0.25) is 14.2 Å². The number of aromatic nitrogens is 2. The van der Waals surface area contributed by atoms with Gasteiger partial charge in [-0.25, -0.2) is 10.4 Å². The molecule has 1 heterocycles. The number of benzene rings is 3. The van der Waals surface area contributed by atoms with Gasteiger partial charge in [0.05, 0.1) is 35.2 Å². The number of carbonyl (C=O) groups excluding carboxylic acids is 1. The third-order valence-corrected chi connectivity index (χ3v) is 5.89. The van der Waals surface area contributed by atoms with Crippen LogP contribution in [0.2, 0.25) is 0 Å². The van der Waals surface area contributed by atoms with Crippen molar-refractivity contribution in [2.45, 2.75) is 12.1 Å². The van der Waals surface area contributed by atoms with Crippen LogP contribution in [0.3, 0.4) is 0 Å². The molecule has 4 aromatic rings. The molecular weight excluding hydrogens is 436 g/mol. The molecule has 0 saturated heterocycles. The van der Waals surface area contributed by atoms with Crippen LogP contribution in [0, 0.1) is 0 Å². The highest BCUT2D eigenvalue weighted by Crippen LogP contribution is 2.21. The first kappa shape index (κ1) is 22.3. The summed E-state index contributed by atoms with van der Waals surface area (Å²) >= 11 is 1.19. The quantitative estimate of drug-likeness (QED) is 0.196. The Labute approximate surface area is 195 Å². The summed E-state index contributed by atoms with van der Waals surface area (Å²) in [7, 11) is 1.61. The second-order valence-electron chi connectivity index (χ2n) is 7.14. The molecule has 0 radical (unpaired) electrons. The van der Waals surface area contributed by atoms with Crippen molar-refractivity contribution in [3.63, 3.8) is 0 Å². The van der Waals surface area contributed by atoms with Gasteiger partial charge < -0.3 is 4.74 Å². The smallest absolute Gasteiger partial charge is 0.266 e. The van der Waals surface area contributed by atoms with Crippen molar-refractivity contribution in [3.8, 4) is 11.4 Å². The van der Waals surface area contributed by atoms with Crippen LogP contribution in [0.15, 0.2) is 93.9 Å². The number of nitrogens with zero attached hydrogens (tertiary/aromatic N) is 3. The molecule has 0 aliphatic carbocycles. The molecule has 1 aromatic heterocycles. The normalized spacial score (nSPS) is 11.4. The number of methoxy groups -OCH3 is 1. The largest absolute Gasteiger partial charge is 0.497 e. The standard InChI is InChI=1S/C25H22N4O3S/c1-17(18-12-14-20(32-2)15-13-18)27-28-23(30)16-33-25-26-22-11-7-6-10-21(22)24(31)29(25)19-8-4-3-5-9-19/h3-15H,16H2,1-2H3,(H,28,30). The number of carbonyl (C=O) groups is 1. The number of amides is 1. The molecule has 166 valence electrons. The van der Waals surface area contributed by atoms with E-state index in [4.69, 9.17) is 4.74 Å². The van der Waals surface area contributed by atoms with Gasteiger partial charge in [-0.05, 0) is 61.0 Å². The van der Waals surface area contributed by atoms with E-state index in [2.05, 4.69) is 15.5 Å². The van der Waals surface area contributed by atoms with E-state index in [1.807, 2.05) is 73.7 Å². The molecule has 0 atom stereocenters. The molecular formula is C25H22N4O3S. The summed E-state index contributed by atoms with van der Waals surface area (Å²) in [6.07, 6.45) is 0. The topological polar surface area (TPSA) is 85.6 Å². The molecule has 0 spiro atoms. The molecule has 33 heavy (non-hydrogen) atoms. The summed E-state index contributed by atoms with van der Waals surface area (Å²) in [5, 5.41) is 5.15. The fourth-order valence-electron chi connectivity index (χ4n) is 3.22. The summed E-state index contributed by atoms with van der Waals surface area (Å²) in [6.45, 7) is 1.81. The maximum Gasteiger partial charge on any atom is 0.266 e. The first-order chi connectivity index (χ1) is 16.1. The molecule has 0 fully saturated rings. The predicted octanol–water partition coefficient (Wildman–Crippen LogP) is 4.03. The lowest BCUT2D eigenvalue weighted by molar-refractivity contribution is -0.118. The minimum atomic E-state index is -0.296. The van der Waals surface area contributed by atoms with Crippen molar-refractivity contribution in [1.29, 1.82) is 0 Å². The van der Waals surface area contributed by atoms with Crippen molar-refractivity contribution >= 4 is 34.3 Å². The van der Waals surface area contributed by atoms with Crippen LogP contribution in [-0.4, -0.2) is 34.0 Å². The molecule has 7 nitrogen and oxygen atoms in total. The van der Waals surface area contributed by atoms with Crippen LogP contribution in [0.1, 0.15) is 12.5 Å². The van der Waals surface area contributed by atoms with Gasteiger partial charge in [0, 0.05) is 0 Å². The van der Waals surface area contributed by atoms with E-state index in [9.17, 15) is 9.59 Å². The lowest BCUT2D eigenvalue weighted by Crippen LogP contribution is -2.24. The van der Waals surface area contributed by atoms with Crippen LogP contribution in [0.4, 0.5) is 0 Å². The Kier molecular flexibility index (Phi) is 6.85. The van der Waals surface area contributed by atoms with E-state index < -0.39 is 0 Å². The molecule has 3 aromatic carbocycles. The summed E-state index contributed by atoms with van der Waals surface area (Å²) in [5.41, 5.74) is 5.22. The van der Waals surface area contributed by atoms with E-state index in [0.717, 1.165) is 11.3 Å². The number of ether oxygens (including phenoxy) is 1. The third-order valence-electron chi connectivity index (χ3n) is 4.95. The van der Waals surface area contributed by atoms with E-state index in [1.54, 1.807) is 19.2 Å². The molecule has 8 heteroatoms. The summed E-state index contributed by atoms with van der Waals surface area (Å²) in [4.78, 5) is 30.3. The molecule has 4 rings (SSSR count). The molecule has 1 amide bonds. The van der Waals surface area contributed by atoms with E-state index >= 15 is 0 Å². The minimum Gasteiger partial charge on any atom is -0.497 e. The zero-order valence-electron chi connectivity index (χ0n) is 18.2. The Morgan fingerprint density at radius 2 is 1.73 bits per heavy atom.